The third-order valence-corrected chi connectivity index (χ3v) is 0. The first-order valence-electron chi connectivity index (χ1n) is 0. The van der Waals surface area contributed by atoms with E-state index in [2.05, 4.69) is 0 Å². The normalized spacial score (nSPS) is 0. The van der Waals surface area contributed by atoms with Crippen molar-refractivity contribution in [2.24, 2.45) is 0 Å². The summed E-state index contributed by atoms with van der Waals surface area (Å²) < 4.78 is 0. The first-order valence-corrected chi connectivity index (χ1v) is 0. The fourth-order valence-electron chi connectivity index (χ4n) is 0. The Morgan fingerprint density at radius 1 is 1.00 bits per heavy atom. The van der Waals surface area contributed by atoms with Gasteiger partial charge in [-0.25, -0.2) is 0 Å². The quantitative estimate of drug-likeness (QED) is 0.409. The second kappa shape index (κ2) is 17.5. The van der Waals surface area contributed by atoms with Gasteiger partial charge in [-0.1, -0.05) is 0 Å². The summed E-state index contributed by atoms with van der Waals surface area (Å²) in [5, 5.41) is 0. The largest absolute Gasteiger partial charge is 0.412 e. The maximum Gasteiger partial charge on any atom is 0 e. The molecule has 4 heavy (non-hydrogen) atoms. The van der Waals surface area contributed by atoms with Crippen LogP contribution in [0.1, 0.15) is 0 Å². The molecule has 0 aliphatic heterocycles. The van der Waals surface area contributed by atoms with Crippen LogP contribution >= 0.6 is 0 Å². The Balaban J connectivity index is 0. The molecule has 0 heterocycles. The monoisotopic (exact) mass is 170 g/mol. The van der Waals surface area contributed by atoms with Crippen LogP contribution in [-0.2, 0) is 33.6 Å². The fraction of sp³-hybridized carbons (Fsp3) is 0. The van der Waals surface area contributed by atoms with Crippen molar-refractivity contribution < 1.29 is 39.0 Å². The minimum absolute atomic E-state index is 0. The molecule has 0 bridgehead atoms. The van der Waals surface area contributed by atoms with E-state index in [9.17, 15) is 0 Å². The van der Waals surface area contributed by atoms with Crippen LogP contribution in [0.5, 0.6) is 0 Å². The maximum atomic E-state index is 0. The van der Waals surface area contributed by atoms with Crippen LogP contribution in [0.25, 0.3) is 0 Å². The molecule has 1 nitrogen and oxygen atoms in total. The number of hydrogen-bond acceptors (Lipinski definition) is 0. The molecule has 0 aliphatic rings. The zero-order valence-corrected chi connectivity index (χ0v) is 7.49. The van der Waals surface area contributed by atoms with Gasteiger partial charge in [0.05, 0.1) is 0 Å². The molecule has 0 fully saturated rings. The molecule has 0 aromatic heterocycles. The molecule has 0 saturated carbocycles. The second-order valence-corrected chi connectivity index (χ2v) is 0. The molecular weight excluding hydrogens is 169 g/mol. The van der Waals surface area contributed by atoms with E-state index in [-0.39, 0.29) is 90.4 Å². The van der Waals surface area contributed by atoms with E-state index in [0.29, 0.717) is 0 Å². The SMILES string of the molecule is O.[K].[Mn].[Ni]. The van der Waals surface area contributed by atoms with Crippen LogP contribution in [0.3, 0.4) is 0 Å². The molecule has 0 aromatic carbocycles. The smallest absolute Gasteiger partial charge is 0 e. The molecule has 2 N–H and O–H groups in total. The van der Waals surface area contributed by atoms with E-state index in [1.165, 1.54) is 0 Å². The number of rotatable bonds is 0. The Labute approximate surface area is 88.4 Å². The van der Waals surface area contributed by atoms with Crippen molar-refractivity contribution >= 4 is 51.4 Å². The third-order valence-electron chi connectivity index (χ3n) is 0. The van der Waals surface area contributed by atoms with Crippen LogP contribution in [-0.4, -0.2) is 56.9 Å². The van der Waals surface area contributed by atoms with Gasteiger partial charge in [-0.3, -0.25) is 0 Å². The Kier molecular flexibility index (Phi) is 134. The van der Waals surface area contributed by atoms with Gasteiger partial charge in [0.15, 0.2) is 0 Å². The molecule has 0 unspecified atom stereocenters. The Hall–Kier alpha value is 2.61. The van der Waals surface area contributed by atoms with Crippen LogP contribution < -0.4 is 0 Å². The van der Waals surface area contributed by atoms with Crippen LogP contribution in [0.4, 0.5) is 0 Å². The van der Waals surface area contributed by atoms with E-state index >= 15 is 0 Å². The fourth-order valence-corrected chi connectivity index (χ4v) is 0. The first kappa shape index (κ1) is 30.5. The predicted octanol–water partition coefficient (Wildman–Crippen LogP) is -1.21. The zero-order chi connectivity index (χ0) is 0. The summed E-state index contributed by atoms with van der Waals surface area (Å²) >= 11 is 0. The summed E-state index contributed by atoms with van der Waals surface area (Å²) in [4.78, 5) is 0. The van der Waals surface area contributed by atoms with Gasteiger partial charge in [0, 0.05) is 84.9 Å². The maximum absolute atomic E-state index is 0. The minimum Gasteiger partial charge on any atom is -0.412 e. The van der Waals surface area contributed by atoms with Crippen molar-refractivity contribution in [3.05, 3.63) is 0 Å². The van der Waals surface area contributed by atoms with Crippen LogP contribution in [0.15, 0.2) is 0 Å². The summed E-state index contributed by atoms with van der Waals surface area (Å²) in [7, 11) is 0. The van der Waals surface area contributed by atoms with E-state index in [0.717, 1.165) is 0 Å². The van der Waals surface area contributed by atoms with Crippen molar-refractivity contribution in [1.82, 2.24) is 0 Å². The van der Waals surface area contributed by atoms with Gasteiger partial charge in [0.25, 0.3) is 0 Å². The van der Waals surface area contributed by atoms with Gasteiger partial charge in [-0.15, -0.1) is 0 Å². The van der Waals surface area contributed by atoms with Crippen LogP contribution in [0, 0.1) is 0 Å². The van der Waals surface area contributed by atoms with E-state index in [1.54, 1.807) is 0 Å². The standard InChI is InChI=1S/K.Mn.Ni.H2O/h;;;1H2. The van der Waals surface area contributed by atoms with Crippen molar-refractivity contribution in [2.75, 3.05) is 0 Å². The summed E-state index contributed by atoms with van der Waals surface area (Å²) in [5.74, 6) is 0. The number of hydrogen-bond donors (Lipinski definition) is 0. The summed E-state index contributed by atoms with van der Waals surface area (Å²) in [6, 6.07) is 0. The second-order valence-electron chi connectivity index (χ2n) is 0. The van der Waals surface area contributed by atoms with Crippen molar-refractivity contribution in [3.63, 3.8) is 0 Å². The van der Waals surface area contributed by atoms with Crippen LogP contribution in [0.2, 0.25) is 0 Å². The van der Waals surface area contributed by atoms with Gasteiger partial charge in [0.1, 0.15) is 0 Å². The van der Waals surface area contributed by atoms with Crippen molar-refractivity contribution in [3.8, 4) is 0 Å². The zero-order valence-electron chi connectivity index (χ0n) is 2.19. The molecular formula is H2KMnNiO. The average Bonchev–Trinajstić information content (AvgIpc) is 0. The molecule has 0 saturated heterocycles. The van der Waals surface area contributed by atoms with Gasteiger partial charge in [-0.05, 0) is 0 Å². The summed E-state index contributed by atoms with van der Waals surface area (Å²) in [6.07, 6.45) is 0. The Morgan fingerprint density at radius 3 is 1.00 bits per heavy atom. The van der Waals surface area contributed by atoms with Gasteiger partial charge >= 0.3 is 0 Å². The third kappa shape index (κ3) is 8.82. The topological polar surface area (TPSA) is 31.5 Å². The van der Waals surface area contributed by atoms with Gasteiger partial charge < -0.3 is 5.48 Å². The van der Waals surface area contributed by atoms with Gasteiger partial charge in [-0.2, -0.15) is 0 Å². The molecule has 4 heteroatoms. The first-order chi connectivity index (χ1) is 0. The molecule has 0 amide bonds. The molecule has 0 atom stereocenters. The Bertz CT molecular complexity index is 8.00. The molecule has 2 radical (unpaired) electrons. The molecule has 0 rings (SSSR count). The Morgan fingerprint density at radius 2 is 1.00 bits per heavy atom. The average molecular weight is 171 g/mol. The molecule has 0 spiro atoms. The van der Waals surface area contributed by atoms with E-state index in [1.807, 2.05) is 0 Å². The van der Waals surface area contributed by atoms with Gasteiger partial charge in [0.2, 0.25) is 0 Å². The van der Waals surface area contributed by atoms with Crippen molar-refractivity contribution in [1.29, 1.82) is 0 Å². The predicted molar refractivity (Wildman–Crippen MR) is 9.37 cm³/mol. The molecule has 0 aliphatic carbocycles. The molecule has 0 aromatic rings. The van der Waals surface area contributed by atoms with Crippen molar-refractivity contribution in [2.45, 2.75) is 0 Å². The summed E-state index contributed by atoms with van der Waals surface area (Å²) in [6.45, 7) is 0. The van der Waals surface area contributed by atoms with E-state index in [4.69, 9.17) is 0 Å². The van der Waals surface area contributed by atoms with E-state index < -0.39 is 0 Å². The molecule has 26 valence electrons. The minimum atomic E-state index is 0. The summed E-state index contributed by atoms with van der Waals surface area (Å²) in [5.41, 5.74) is 0.